The summed E-state index contributed by atoms with van der Waals surface area (Å²) in [5.41, 5.74) is 0. The SMILES string of the molecule is [O-][n+]1c(Br)c(Br)[n+]([O-])c(Br)c1Br. The van der Waals surface area contributed by atoms with Gasteiger partial charge in [0.1, 0.15) is 0 Å². The van der Waals surface area contributed by atoms with Crippen molar-refractivity contribution in [3.05, 3.63) is 28.8 Å². The average Bonchev–Trinajstić information content (AvgIpc) is 2.08. The van der Waals surface area contributed by atoms with E-state index in [4.69, 9.17) is 0 Å². The molecule has 0 amide bonds. The lowest BCUT2D eigenvalue weighted by molar-refractivity contribution is -0.697. The van der Waals surface area contributed by atoms with Crippen molar-refractivity contribution in [1.82, 2.24) is 0 Å². The van der Waals surface area contributed by atoms with Gasteiger partial charge in [-0.2, -0.15) is 0 Å². The maximum atomic E-state index is 11.2. The van der Waals surface area contributed by atoms with Crippen molar-refractivity contribution in [2.45, 2.75) is 0 Å². The highest BCUT2D eigenvalue weighted by Crippen LogP contribution is 2.22. The standard InChI is InChI=1S/C4Br4N2O2/c5-1-2(6)10(12)4(8)3(7)9(1)11. The van der Waals surface area contributed by atoms with Crippen LogP contribution in [-0.2, 0) is 0 Å². The molecule has 0 spiro atoms. The first-order valence-corrected chi connectivity index (χ1v) is 5.69. The first-order chi connectivity index (χ1) is 5.46. The van der Waals surface area contributed by atoms with Gasteiger partial charge >= 0.3 is 18.4 Å². The van der Waals surface area contributed by atoms with Crippen molar-refractivity contribution >= 4 is 63.7 Å². The molecule has 4 nitrogen and oxygen atoms in total. The van der Waals surface area contributed by atoms with Gasteiger partial charge in [-0.3, -0.25) is 0 Å². The Morgan fingerprint density at radius 2 is 0.833 bits per heavy atom. The summed E-state index contributed by atoms with van der Waals surface area (Å²) in [6, 6.07) is 0. The lowest BCUT2D eigenvalue weighted by atomic mass is 10.7. The fourth-order valence-corrected chi connectivity index (χ4v) is 2.34. The van der Waals surface area contributed by atoms with Crippen molar-refractivity contribution in [3.8, 4) is 0 Å². The van der Waals surface area contributed by atoms with Gasteiger partial charge in [0.2, 0.25) is 0 Å². The minimum absolute atomic E-state index is 0.118. The molecule has 0 bridgehead atoms. The Morgan fingerprint density at radius 3 is 1.00 bits per heavy atom. The van der Waals surface area contributed by atoms with Gasteiger partial charge in [0.15, 0.2) is 0 Å². The first kappa shape index (κ1) is 10.7. The number of nitrogens with zero attached hydrogens (tertiary/aromatic N) is 2. The van der Waals surface area contributed by atoms with E-state index in [-0.39, 0.29) is 18.4 Å². The number of hydrogen-bond donors (Lipinski definition) is 0. The fraction of sp³-hybridized carbons (Fsp3) is 0. The zero-order chi connectivity index (χ0) is 9.46. The third kappa shape index (κ3) is 1.61. The van der Waals surface area contributed by atoms with E-state index in [9.17, 15) is 10.4 Å². The van der Waals surface area contributed by atoms with Gasteiger partial charge in [0, 0.05) is 63.7 Å². The summed E-state index contributed by atoms with van der Waals surface area (Å²) in [6.45, 7) is 0. The van der Waals surface area contributed by atoms with E-state index >= 15 is 0 Å². The monoisotopic (exact) mass is 424 g/mol. The molecule has 0 aliphatic rings. The fourth-order valence-electron chi connectivity index (χ4n) is 0.508. The maximum Gasteiger partial charge on any atom is 0.341 e. The molecule has 0 unspecified atom stereocenters. The highest BCUT2D eigenvalue weighted by molar-refractivity contribution is 9.13. The van der Waals surface area contributed by atoms with Crippen LogP contribution in [0.4, 0.5) is 0 Å². The van der Waals surface area contributed by atoms with Crippen LogP contribution in [0.2, 0.25) is 0 Å². The van der Waals surface area contributed by atoms with Crippen LogP contribution in [0.15, 0.2) is 18.4 Å². The number of aromatic nitrogens is 2. The largest absolute Gasteiger partial charge is 0.617 e. The molecule has 0 radical (unpaired) electrons. The van der Waals surface area contributed by atoms with Gasteiger partial charge in [-0.25, -0.2) is 0 Å². The van der Waals surface area contributed by atoms with Gasteiger partial charge < -0.3 is 10.4 Å². The Balaban J connectivity index is 3.60. The molecule has 1 aromatic heterocycles. The molecule has 0 saturated carbocycles. The summed E-state index contributed by atoms with van der Waals surface area (Å²) >= 11 is 11.8. The van der Waals surface area contributed by atoms with Crippen molar-refractivity contribution in [1.29, 1.82) is 0 Å². The van der Waals surface area contributed by atoms with Gasteiger partial charge in [-0.05, 0) is 0 Å². The second-order valence-electron chi connectivity index (χ2n) is 1.75. The highest BCUT2D eigenvalue weighted by atomic mass is 79.9. The molecular weight excluding hydrogens is 428 g/mol. The smallest absolute Gasteiger partial charge is 0.341 e. The maximum absolute atomic E-state index is 11.2. The first-order valence-electron chi connectivity index (χ1n) is 2.52. The Labute approximate surface area is 101 Å². The number of hydrogen-bond acceptors (Lipinski definition) is 2. The van der Waals surface area contributed by atoms with E-state index in [0.29, 0.717) is 9.46 Å². The molecule has 1 heterocycles. The van der Waals surface area contributed by atoms with Crippen LogP contribution in [0.25, 0.3) is 0 Å². The normalized spacial score (nSPS) is 10.3. The Morgan fingerprint density at radius 1 is 0.667 bits per heavy atom. The molecule has 12 heavy (non-hydrogen) atoms. The van der Waals surface area contributed by atoms with E-state index in [2.05, 4.69) is 63.7 Å². The van der Waals surface area contributed by atoms with Gasteiger partial charge in [-0.1, -0.05) is 0 Å². The summed E-state index contributed by atoms with van der Waals surface area (Å²) in [5.74, 6) is 0. The van der Waals surface area contributed by atoms with Crippen molar-refractivity contribution < 1.29 is 9.46 Å². The van der Waals surface area contributed by atoms with Crippen LogP contribution in [0, 0.1) is 10.4 Å². The van der Waals surface area contributed by atoms with E-state index in [0.717, 1.165) is 0 Å². The predicted octanol–water partition coefficient (Wildman–Crippen LogP) is 2.00. The zero-order valence-electron chi connectivity index (χ0n) is 5.22. The minimum Gasteiger partial charge on any atom is -0.617 e. The average molecular weight is 428 g/mol. The molecule has 1 rings (SSSR count). The summed E-state index contributed by atoms with van der Waals surface area (Å²) < 4.78 is 1.53. The topological polar surface area (TPSA) is 53.9 Å². The van der Waals surface area contributed by atoms with E-state index < -0.39 is 0 Å². The van der Waals surface area contributed by atoms with E-state index in [1.165, 1.54) is 0 Å². The molecule has 0 aliphatic carbocycles. The molecule has 0 atom stereocenters. The van der Waals surface area contributed by atoms with E-state index in [1.807, 2.05) is 0 Å². The second kappa shape index (κ2) is 3.77. The molecule has 8 heteroatoms. The number of rotatable bonds is 0. The van der Waals surface area contributed by atoms with Crippen LogP contribution in [0.3, 0.4) is 0 Å². The number of halogens is 4. The summed E-state index contributed by atoms with van der Waals surface area (Å²) in [5, 5.41) is 22.3. The van der Waals surface area contributed by atoms with Crippen LogP contribution in [-0.4, -0.2) is 0 Å². The molecule has 0 N–H and O–H groups in total. The lowest BCUT2D eigenvalue weighted by Crippen LogP contribution is -2.42. The Hall–Kier alpha value is 0.600. The van der Waals surface area contributed by atoms with Crippen molar-refractivity contribution in [2.75, 3.05) is 0 Å². The minimum atomic E-state index is 0.118. The molecular formula is C4Br4N2O2. The highest BCUT2D eigenvalue weighted by Gasteiger charge is 2.26. The third-order valence-electron chi connectivity index (χ3n) is 1.05. The summed E-state index contributed by atoms with van der Waals surface area (Å²) in [6.07, 6.45) is 0. The van der Waals surface area contributed by atoms with Gasteiger partial charge in [0.05, 0.1) is 0 Å². The van der Waals surface area contributed by atoms with Crippen molar-refractivity contribution in [2.24, 2.45) is 0 Å². The zero-order valence-corrected chi connectivity index (χ0v) is 11.6. The van der Waals surface area contributed by atoms with Crippen LogP contribution in [0.5, 0.6) is 0 Å². The van der Waals surface area contributed by atoms with Gasteiger partial charge in [-0.15, -0.1) is 9.46 Å². The molecule has 1 aromatic rings. The second-order valence-corrected chi connectivity index (χ2v) is 4.76. The Bertz CT molecular complexity index is 237. The van der Waals surface area contributed by atoms with Gasteiger partial charge in [0.25, 0.3) is 0 Å². The predicted molar refractivity (Wildman–Crippen MR) is 55.2 cm³/mol. The third-order valence-corrected chi connectivity index (χ3v) is 4.91. The van der Waals surface area contributed by atoms with E-state index in [1.54, 1.807) is 0 Å². The summed E-state index contributed by atoms with van der Waals surface area (Å²) in [4.78, 5) is 0. The quantitative estimate of drug-likeness (QED) is 0.470. The lowest BCUT2D eigenvalue weighted by Gasteiger charge is -2.05. The van der Waals surface area contributed by atoms with Crippen LogP contribution in [0.1, 0.15) is 0 Å². The molecule has 0 saturated heterocycles. The molecule has 0 fully saturated rings. The summed E-state index contributed by atoms with van der Waals surface area (Å²) in [7, 11) is 0. The molecule has 0 aromatic carbocycles. The van der Waals surface area contributed by atoms with Crippen LogP contribution >= 0.6 is 63.7 Å². The molecule has 0 aliphatic heterocycles. The van der Waals surface area contributed by atoms with Crippen LogP contribution < -0.4 is 9.46 Å². The molecule has 66 valence electrons. The Kier molecular flexibility index (Phi) is 3.35. The van der Waals surface area contributed by atoms with Crippen molar-refractivity contribution in [3.63, 3.8) is 0 Å².